The molecule has 0 aliphatic rings. The predicted molar refractivity (Wildman–Crippen MR) is 67.0 cm³/mol. The van der Waals surface area contributed by atoms with Crippen LogP contribution in [0, 0.1) is 17.0 Å². The number of rotatable bonds is 4. The van der Waals surface area contributed by atoms with E-state index in [2.05, 4.69) is 41.4 Å². The molecule has 0 aliphatic carbocycles. The predicted octanol–water partition coefficient (Wildman–Crippen LogP) is 1.79. The number of anilines is 1. The van der Waals surface area contributed by atoms with Crippen molar-refractivity contribution in [1.29, 1.82) is 0 Å². The van der Waals surface area contributed by atoms with Crippen LogP contribution in [-0.2, 0) is 6.54 Å². The highest BCUT2D eigenvalue weighted by molar-refractivity contribution is 9.10. The first-order valence-electron chi connectivity index (χ1n) is 4.97. The molecule has 9 heteroatoms. The van der Waals surface area contributed by atoms with Crippen LogP contribution in [0.5, 0.6) is 0 Å². The van der Waals surface area contributed by atoms with Gasteiger partial charge in [0.05, 0.1) is 15.9 Å². The summed E-state index contributed by atoms with van der Waals surface area (Å²) >= 11 is 3.29. The van der Waals surface area contributed by atoms with Gasteiger partial charge in [-0.05, 0) is 22.9 Å². The number of nitro groups is 1. The molecule has 2 heterocycles. The number of aromatic amines is 1. The van der Waals surface area contributed by atoms with Gasteiger partial charge in [0.1, 0.15) is 24.2 Å². The van der Waals surface area contributed by atoms with Crippen LogP contribution in [-0.4, -0.2) is 25.1 Å². The molecule has 18 heavy (non-hydrogen) atoms. The maximum Gasteiger partial charge on any atom is 0.291 e. The molecule has 0 saturated carbocycles. The van der Waals surface area contributed by atoms with E-state index in [0.29, 0.717) is 28.2 Å². The van der Waals surface area contributed by atoms with Crippen LogP contribution in [0.25, 0.3) is 0 Å². The average molecular weight is 313 g/mol. The largest absolute Gasteiger partial charge is 0.362 e. The quantitative estimate of drug-likeness (QED) is 0.658. The van der Waals surface area contributed by atoms with Crippen molar-refractivity contribution in [2.75, 3.05) is 5.32 Å². The van der Waals surface area contributed by atoms with E-state index in [-0.39, 0.29) is 5.69 Å². The summed E-state index contributed by atoms with van der Waals surface area (Å²) in [5.41, 5.74) is 0.502. The van der Waals surface area contributed by atoms with Crippen molar-refractivity contribution in [3.8, 4) is 0 Å². The standard InChI is InChI=1S/C9H9BrN6O2/c1-5-6(16(17)18)2-11-9(8(5)10)12-3-7-13-4-14-15-7/h2,4H,3H2,1H3,(H,11,12)(H,13,14,15). The van der Waals surface area contributed by atoms with Crippen molar-refractivity contribution in [1.82, 2.24) is 20.2 Å². The van der Waals surface area contributed by atoms with Gasteiger partial charge in [0.2, 0.25) is 0 Å². The molecule has 0 atom stereocenters. The molecule has 0 saturated heterocycles. The summed E-state index contributed by atoms with van der Waals surface area (Å²) < 4.78 is 0.566. The minimum Gasteiger partial charge on any atom is -0.362 e. The molecule has 0 unspecified atom stereocenters. The van der Waals surface area contributed by atoms with E-state index < -0.39 is 4.92 Å². The maximum absolute atomic E-state index is 10.7. The molecule has 2 aromatic heterocycles. The zero-order valence-electron chi connectivity index (χ0n) is 9.35. The van der Waals surface area contributed by atoms with Gasteiger partial charge in [0, 0.05) is 5.56 Å². The second-order valence-corrected chi connectivity index (χ2v) is 4.27. The summed E-state index contributed by atoms with van der Waals surface area (Å²) in [4.78, 5) is 18.2. The van der Waals surface area contributed by atoms with Crippen LogP contribution in [0.4, 0.5) is 11.5 Å². The van der Waals surface area contributed by atoms with Crippen molar-refractivity contribution >= 4 is 27.4 Å². The summed E-state index contributed by atoms with van der Waals surface area (Å²) in [6, 6.07) is 0. The Morgan fingerprint density at radius 1 is 1.56 bits per heavy atom. The van der Waals surface area contributed by atoms with Gasteiger partial charge >= 0.3 is 0 Å². The molecule has 0 amide bonds. The van der Waals surface area contributed by atoms with E-state index >= 15 is 0 Å². The second kappa shape index (κ2) is 5.08. The van der Waals surface area contributed by atoms with E-state index in [4.69, 9.17) is 0 Å². The van der Waals surface area contributed by atoms with Crippen molar-refractivity contribution in [2.45, 2.75) is 13.5 Å². The summed E-state index contributed by atoms with van der Waals surface area (Å²) in [5, 5.41) is 20.1. The van der Waals surface area contributed by atoms with Crippen LogP contribution in [0.3, 0.4) is 0 Å². The third kappa shape index (κ3) is 2.45. The highest BCUT2D eigenvalue weighted by atomic mass is 79.9. The van der Waals surface area contributed by atoms with Crippen molar-refractivity contribution in [2.24, 2.45) is 0 Å². The molecule has 94 valence electrons. The number of H-pyrrole nitrogens is 1. The number of nitrogens with one attached hydrogen (secondary N) is 2. The zero-order chi connectivity index (χ0) is 13.1. The van der Waals surface area contributed by atoms with Crippen molar-refractivity contribution in [3.63, 3.8) is 0 Å². The first-order valence-corrected chi connectivity index (χ1v) is 5.76. The van der Waals surface area contributed by atoms with Gasteiger partial charge in [-0.25, -0.2) is 9.97 Å². The van der Waals surface area contributed by atoms with Gasteiger partial charge in [0.25, 0.3) is 5.69 Å². The smallest absolute Gasteiger partial charge is 0.291 e. The van der Waals surface area contributed by atoms with Crippen molar-refractivity contribution < 1.29 is 4.92 Å². The number of hydrogen-bond acceptors (Lipinski definition) is 6. The van der Waals surface area contributed by atoms with Gasteiger partial charge in [-0.1, -0.05) is 0 Å². The van der Waals surface area contributed by atoms with Gasteiger partial charge in [-0.3, -0.25) is 15.2 Å². The minimum absolute atomic E-state index is 0.0212. The first kappa shape index (κ1) is 12.4. The Balaban J connectivity index is 2.19. The van der Waals surface area contributed by atoms with Gasteiger partial charge < -0.3 is 5.32 Å². The van der Waals surface area contributed by atoms with Crippen LogP contribution >= 0.6 is 15.9 Å². The molecule has 0 radical (unpaired) electrons. The molecule has 0 aromatic carbocycles. The Morgan fingerprint density at radius 2 is 2.33 bits per heavy atom. The van der Waals surface area contributed by atoms with E-state index in [9.17, 15) is 10.1 Å². The van der Waals surface area contributed by atoms with Crippen molar-refractivity contribution in [3.05, 3.63) is 38.5 Å². The Labute approximate surface area is 110 Å². The molecular weight excluding hydrogens is 304 g/mol. The molecule has 0 bridgehead atoms. The van der Waals surface area contributed by atoms with Crippen LogP contribution < -0.4 is 5.32 Å². The molecule has 8 nitrogen and oxygen atoms in total. The summed E-state index contributed by atoms with van der Waals surface area (Å²) in [7, 11) is 0. The van der Waals surface area contributed by atoms with Gasteiger partial charge in [-0.15, -0.1) is 0 Å². The normalized spacial score (nSPS) is 10.3. The van der Waals surface area contributed by atoms with Crippen LogP contribution in [0.1, 0.15) is 11.4 Å². The van der Waals surface area contributed by atoms with Crippen LogP contribution in [0.2, 0.25) is 0 Å². The number of aromatic nitrogens is 4. The van der Waals surface area contributed by atoms with Gasteiger partial charge in [-0.2, -0.15) is 5.10 Å². The fourth-order valence-electron chi connectivity index (χ4n) is 1.36. The molecule has 2 rings (SSSR count). The van der Waals surface area contributed by atoms with Crippen LogP contribution in [0.15, 0.2) is 17.0 Å². The lowest BCUT2D eigenvalue weighted by Crippen LogP contribution is -2.05. The lowest BCUT2D eigenvalue weighted by Gasteiger charge is -2.07. The minimum atomic E-state index is -0.465. The first-order chi connectivity index (χ1) is 8.59. The van der Waals surface area contributed by atoms with E-state index in [1.165, 1.54) is 12.5 Å². The highest BCUT2D eigenvalue weighted by Crippen LogP contribution is 2.30. The molecule has 2 N–H and O–H groups in total. The monoisotopic (exact) mass is 312 g/mol. The lowest BCUT2D eigenvalue weighted by molar-refractivity contribution is -0.385. The van der Waals surface area contributed by atoms with E-state index in [1.807, 2.05) is 0 Å². The Bertz CT molecular complexity index is 571. The van der Waals surface area contributed by atoms with Gasteiger partial charge in [0.15, 0.2) is 0 Å². The molecule has 0 fully saturated rings. The number of pyridine rings is 1. The molecule has 0 spiro atoms. The summed E-state index contributed by atoms with van der Waals surface area (Å²) in [6.07, 6.45) is 2.63. The number of halogens is 1. The third-order valence-electron chi connectivity index (χ3n) is 2.32. The fourth-order valence-corrected chi connectivity index (χ4v) is 1.81. The number of nitrogens with zero attached hydrogens (tertiary/aromatic N) is 4. The highest BCUT2D eigenvalue weighted by Gasteiger charge is 2.16. The lowest BCUT2D eigenvalue weighted by atomic mass is 10.2. The Kier molecular flexibility index (Phi) is 3.51. The maximum atomic E-state index is 10.7. The second-order valence-electron chi connectivity index (χ2n) is 3.47. The summed E-state index contributed by atoms with van der Waals surface area (Å²) in [6.45, 7) is 2.06. The summed E-state index contributed by atoms with van der Waals surface area (Å²) in [5.74, 6) is 1.18. The van der Waals surface area contributed by atoms with E-state index in [1.54, 1.807) is 6.92 Å². The topological polar surface area (TPSA) is 110 Å². The molecule has 2 aromatic rings. The average Bonchev–Trinajstić information content (AvgIpc) is 2.83. The third-order valence-corrected chi connectivity index (χ3v) is 3.29. The fraction of sp³-hybridized carbons (Fsp3) is 0.222. The Morgan fingerprint density at radius 3 is 2.94 bits per heavy atom. The Hall–Kier alpha value is -2.03. The molecular formula is C9H9BrN6O2. The SMILES string of the molecule is Cc1c([N+](=O)[O-])cnc(NCc2ncn[nH]2)c1Br. The van der Waals surface area contributed by atoms with E-state index in [0.717, 1.165) is 0 Å². The molecule has 0 aliphatic heterocycles. The zero-order valence-corrected chi connectivity index (χ0v) is 10.9. The number of hydrogen-bond donors (Lipinski definition) is 2.